The second-order valence-electron chi connectivity index (χ2n) is 4.13. The van der Waals surface area contributed by atoms with Crippen LogP contribution in [0.4, 0.5) is 0 Å². The smallest absolute Gasteiger partial charge is 0.137 e. The van der Waals surface area contributed by atoms with Crippen LogP contribution < -0.4 is 10.5 Å². The molecule has 0 aliphatic heterocycles. The Morgan fingerprint density at radius 1 is 1.22 bits per heavy atom. The summed E-state index contributed by atoms with van der Waals surface area (Å²) in [5.41, 5.74) is 7.62. The van der Waals surface area contributed by atoms with E-state index in [1.807, 2.05) is 37.3 Å². The first kappa shape index (κ1) is 12.5. The third-order valence-electron chi connectivity index (χ3n) is 2.58. The van der Waals surface area contributed by atoms with Crippen LogP contribution in [-0.4, -0.2) is 16.6 Å². The van der Waals surface area contributed by atoms with E-state index in [1.54, 1.807) is 12.4 Å². The summed E-state index contributed by atoms with van der Waals surface area (Å²) in [6, 6.07) is 9.60. The molecule has 2 heterocycles. The number of nitrogens with two attached hydrogens (primary N) is 1. The van der Waals surface area contributed by atoms with E-state index in [0.29, 0.717) is 6.61 Å². The van der Waals surface area contributed by atoms with Crippen LogP contribution in [0.15, 0.2) is 42.7 Å². The fourth-order valence-corrected chi connectivity index (χ4v) is 1.57. The Bertz CT molecular complexity index is 468. The number of nitrogens with zero attached hydrogens (tertiary/aromatic N) is 2. The summed E-state index contributed by atoms with van der Waals surface area (Å²) in [7, 11) is 0. The van der Waals surface area contributed by atoms with Gasteiger partial charge >= 0.3 is 0 Å². The lowest BCUT2D eigenvalue weighted by atomic mass is 10.2. The van der Waals surface area contributed by atoms with Crippen LogP contribution in [0.2, 0.25) is 0 Å². The Morgan fingerprint density at radius 2 is 2.11 bits per heavy atom. The molecule has 94 valence electrons. The maximum Gasteiger partial charge on any atom is 0.137 e. The zero-order valence-electron chi connectivity index (χ0n) is 10.4. The largest absolute Gasteiger partial charge is 0.492 e. The van der Waals surface area contributed by atoms with Crippen LogP contribution in [0.1, 0.15) is 24.4 Å². The number of hydrogen-bond acceptors (Lipinski definition) is 4. The first-order valence-electron chi connectivity index (χ1n) is 6.00. The lowest BCUT2D eigenvalue weighted by molar-refractivity contribution is 0.319. The minimum Gasteiger partial charge on any atom is -0.492 e. The van der Waals surface area contributed by atoms with Crippen molar-refractivity contribution < 1.29 is 4.74 Å². The van der Waals surface area contributed by atoms with Crippen molar-refractivity contribution in [1.29, 1.82) is 0 Å². The van der Waals surface area contributed by atoms with E-state index >= 15 is 0 Å². The topological polar surface area (TPSA) is 61.0 Å². The molecule has 4 heteroatoms. The van der Waals surface area contributed by atoms with Gasteiger partial charge in [0.15, 0.2) is 0 Å². The van der Waals surface area contributed by atoms with E-state index in [-0.39, 0.29) is 6.04 Å². The van der Waals surface area contributed by atoms with Crippen molar-refractivity contribution in [2.75, 3.05) is 6.61 Å². The Morgan fingerprint density at radius 3 is 2.72 bits per heavy atom. The molecule has 4 nitrogen and oxygen atoms in total. The first-order valence-corrected chi connectivity index (χ1v) is 6.00. The molecule has 0 fully saturated rings. The van der Waals surface area contributed by atoms with E-state index in [0.717, 1.165) is 23.6 Å². The molecule has 0 aliphatic rings. The predicted molar refractivity (Wildman–Crippen MR) is 70.3 cm³/mol. The SMILES string of the molecule is C[C@@H](N)c1ccc(OCCc2ccccn2)cn1. The van der Waals surface area contributed by atoms with Gasteiger partial charge in [0, 0.05) is 24.4 Å². The van der Waals surface area contributed by atoms with Gasteiger partial charge in [0.2, 0.25) is 0 Å². The van der Waals surface area contributed by atoms with Gasteiger partial charge in [0.25, 0.3) is 0 Å². The quantitative estimate of drug-likeness (QED) is 0.873. The molecule has 1 atom stereocenters. The van der Waals surface area contributed by atoms with Gasteiger partial charge in [0.1, 0.15) is 5.75 Å². The molecule has 0 aromatic carbocycles. The Labute approximate surface area is 107 Å². The highest BCUT2D eigenvalue weighted by atomic mass is 16.5. The van der Waals surface area contributed by atoms with Crippen LogP contribution in [0.3, 0.4) is 0 Å². The maximum absolute atomic E-state index is 5.73. The van der Waals surface area contributed by atoms with Crippen molar-refractivity contribution in [3.63, 3.8) is 0 Å². The van der Waals surface area contributed by atoms with Gasteiger partial charge in [-0.3, -0.25) is 9.97 Å². The molecule has 18 heavy (non-hydrogen) atoms. The summed E-state index contributed by atoms with van der Waals surface area (Å²) in [5, 5.41) is 0. The molecule has 0 radical (unpaired) electrons. The van der Waals surface area contributed by atoms with Crippen molar-refractivity contribution in [2.24, 2.45) is 5.73 Å². The van der Waals surface area contributed by atoms with Gasteiger partial charge in [-0.15, -0.1) is 0 Å². The maximum atomic E-state index is 5.73. The first-order chi connectivity index (χ1) is 8.75. The van der Waals surface area contributed by atoms with Crippen LogP contribution >= 0.6 is 0 Å². The van der Waals surface area contributed by atoms with Crippen LogP contribution in [0, 0.1) is 0 Å². The van der Waals surface area contributed by atoms with Crippen molar-refractivity contribution in [2.45, 2.75) is 19.4 Å². The van der Waals surface area contributed by atoms with Gasteiger partial charge in [-0.1, -0.05) is 6.07 Å². The van der Waals surface area contributed by atoms with Crippen LogP contribution in [0.5, 0.6) is 5.75 Å². The Balaban J connectivity index is 1.83. The molecule has 0 unspecified atom stereocenters. The van der Waals surface area contributed by atoms with Gasteiger partial charge < -0.3 is 10.5 Å². The van der Waals surface area contributed by atoms with Gasteiger partial charge in [-0.2, -0.15) is 0 Å². The van der Waals surface area contributed by atoms with E-state index < -0.39 is 0 Å². The molecule has 2 rings (SSSR count). The molecular formula is C14H17N3O. The minimum atomic E-state index is -0.0485. The zero-order valence-corrected chi connectivity index (χ0v) is 10.4. The highest BCUT2D eigenvalue weighted by Gasteiger charge is 2.01. The normalized spacial score (nSPS) is 12.1. The van der Waals surface area contributed by atoms with Crippen LogP contribution in [-0.2, 0) is 6.42 Å². The van der Waals surface area contributed by atoms with Crippen LogP contribution in [0.25, 0.3) is 0 Å². The average Bonchev–Trinajstić information content (AvgIpc) is 2.40. The second-order valence-corrected chi connectivity index (χ2v) is 4.13. The van der Waals surface area contributed by atoms with Gasteiger partial charge in [0.05, 0.1) is 18.5 Å². The monoisotopic (exact) mass is 243 g/mol. The molecule has 0 amide bonds. The average molecular weight is 243 g/mol. The molecule has 0 bridgehead atoms. The number of aromatic nitrogens is 2. The van der Waals surface area contributed by atoms with Crippen molar-refractivity contribution in [3.8, 4) is 5.75 Å². The number of rotatable bonds is 5. The Kier molecular flexibility index (Phi) is 4.25. The lowest BCUT2D eigenvalue weighted by Crippen LogP contribution is -2.07. The summed E-state index contributed by atoms with van der Waals surface area (Å²) in [5.74, 6) is 0.760. The third kappa shape index (κ3) is 3.53. The van der Waals surface area contributed by atoms with E-state index in [2.05, 4.69) is 9.97 Å². The van der Waals surface area contributed by atoms with Gasteiger partial charge in [-0.25, -0.2) is 0 Å². The minimum absolute atomic E-state index is 0.0485. The molecular weight excluding hydrogens is 226 g/mol. The second kappa shape index (κ2) is 6.12. The molecule has 0 saturated heterocycles. The zero-order chi connectivity index (χ0) is 12.8. The lowest BCUT2D eigenvalue weighted by Gasteiger charge is -2.07. The Hall–Kier alpha value is -1.94. The van der Waals surface area contributed by atoms with E-state index in [1.165, 1.54) is 0 Å². The molecule has 2 aromatic rings. The molecule has 0 spiro atoms. The molecule has 0 saturated carbocycles. The molecule has 2 N–H and O–H groups in total. The van der Waals surface area contributed by atoms with E-state index in [4.69, 9.17) is 10.5 Å². The predicted octanol–water partition coefficient (Wildman–Crippen LogP) is 2.12. The summed E-state index contributed by atoms with van der Waals surface area (Å²) >= 11 is 0. The number of hydrogen-bond donors (Lipinski definition) is 1. The standard InChI is InChI=1S/C14H17N3O/c1-11(15)14-6-5-13(10-17-14)18-9-7-12-4-2-3-8-16-12/h2-6,8,10-11H,7,9,15H2,1H3/t11-/m1/s1. The molecule has 2 aromatic heterocycles. The summed E-state index contributed by atoms with van der Waals surface area (Å²) in [6.07, 6.45) is 4.28. The van der Waals surface area contributed by atoms with Gasteiger partial charge in [-0.05, 0) is 31.2 Å². The molecule has 0 aliphatic carbocycles. The number of pyridine rings is 2. The summed E-state index contributed by atoms with van der Waals surface area (Å²) in [4.78, 5) is 8.47. The highest BCUT2D eigenvalue weighted by Crippen LogP contribution is 2.12. The summed E-state index contributed by atoms with van der Waals surface area (Å²) in [6.45, 7) is 2.50. The van der Waals surface area contributed by atoms with Crippen molar-refractivity contribution in [1.82, 2.24) is 9.97 Å². The van der Waals surface area contributed by atoms with Crippen molar-refractivity contribution in [3.05, 3.63) is 54.1 Å². The van der Waals surface area contributed by atoms with E-state index in [9.17, 15) is 0 Å². The van der Waals surface area contributed by atoms with Crippen molar-refractivity contribution >= 4 is 0 Å². The fraction of sp³-hybridized carbons (Fsp3) is 0.286. The fourth-order valence-electron chi connectivity index (χ4n) is 1.57. The summed E-state index contributed by atoms with van der Waals surface area (Å²) < 4.78 is 5.60. The highest BCUT2D eigenvalue weighted by molar-refractivity contribution is 5.21. The number of ether oxygens (including phenoxy) is 1. The third-order valence-corrected chi connectivity index (χ3v) is 2.58.